The summed E-state index contributed by atoms with van der Waals surface area (Å²) in [5.41, 5.74) is 0.209. The number of carboxylic acid groups (broad SMARTS) is 1. The summed E-state index contributed by atoms with van der Waals surface area (Å²) in [5.74, 6) is 0.318. The number of ether oxygens (including phenoxy) is 1. The van der Waals surface area contributed by atoms with Gasteiger partial charge in [0.05, 0.1) is 12.2 Å². The van der Waals surface area contributed by atoms with Crippen molar-refractivity contribution in [1.82, 2.24) is 4.98 Å². The molecule has 0 bridgehead atoms. The quantitative estimate of drug-likeness (QED) is 0.652. The van der Waals surface area contributed by atoms with Gasteiger partial charge in [0.1, 0.15) is 10.8 Å². The van der Waals surface area contributed by atoms with Crippen molar-refractivity contribution in [1.29, 1.82) is 0 Å². The van der Waals surface area contributed by atoms with Gasteiger partial charge in [-0.25, -0.2) is 9.78 Å². The van der Waals surface area contributed by atoms with E-state index < -0.39 is 5.97 Å². The number of rotatable bonds is 6. The van der Waals surface area contributed by atoms with E-state index in [0.29, 0.717) is 28.2 Å². The highest BCUT2D eigenvalue weighted by Crippen LogP contribution is 2.21. The normalized spacial score (nSPS) is 10.2. The highest BCUT2D eigenvalue weighted by molar-refractivity contribution is 7.99. The zero-order valence-electron chi connectivity index (χ0n) is 10.5. The Kier molecular flexibility index (Phi) is 5.26. The predicted molar refractivity (Wildman–Crippen MR) is 78.9 cm³/mol. The van der Waals surface area contributed by atoms with Gasteiger partial charge in [0.15, 0.2) is 0 Å². The molecule has 2 rings (SSSR count). The van der Waals surface area contributed by atoms with E-state index in [0.717, 1.165) is 0 Å². The fourth-order valence-electron chi connectivity index (χ4n) is 1.52. The molecule has 2 aromatic rings. The van der Waals surface area contributed by atoms with Gasteiger partial charge in [-0.15, -0.1) is 11.8 Å². The zero-order chi connectivity index (χ0) is 14.4. The molecular weight excluding hydrogens is 298 g/mol. The van der Waals surface area contributed by atoms with E-state index in [-0.39, 0.29) is 5.56 Å². The Balaban J connectivity index is 1.86. The second-order valence-electron chi connectivity index (χ2n) is 3.82. The molecule has 1 N–H and O–H groups in total. The summed E-state index contributed by atoms with van der Waals surface area (Å²) in [7, 11) is 0. The molecule has 0 spiro atoms. The first-order valence-corrected chi connectivity index (χ1v) is 7.22. The van der Waals surface area contributed by atoms with E-state index in [1.54, 1.807) is 24.4 Å². The first-order chi connectivity index (χ1) is 9.66. The van der Waals surface area contributed by atoms with Crippen molar-refractivity contribution in [2.24, 2.45) is 0 Å². The van der Waals surface area contributed by atoms with E-state index >= 15 is 0 Å². The Morgan fingerprint density at radius 1 is 1.35 bits per heavy atom. The van der Waals surface area contributed by atoms with Gasteiger partial charge in [-0.2, -0.15) is 0 Å². The number of aromatic carboxylic acids is 1. The van der Waals surface area contributed by atoms with Gasteiger partial charge in [-0.05, 0) is 30.3 Å². The molecule has 1 aromatic heterocycles. The van der Waals surface area contributed by atoms with Crippen molar-refractivity contribution >= 4 is 29.3 Å². The van der Waals surface area contributed by atoms with Crippen molar-refractivity contribution in [2.75, 3.05) is 12.4 Å². The first-order valence-electron chi connectivity index (χ1n) is 5.86. The molecule has 0 unspecified atom stereocenters. The van der Waals surface area contributed by atoms with Crippen molar-refractivity contribution in [3.8, 4) is 5.75 Å². The Morgan fingerprint density at radius 3 is 2.95 bits per heavy atom. The number of carboxylic acids is 1. The van der Waals surface area contributed by atoms with Crippen LogP contribution >= 0.6 is 23.4 Å². The van der Waals surface area contributed by atoms with Gasteiger partial charge in [-0.1, -0.05) is 17.7 Å². The predicted octanol–water partition coefficient (Wildman–Crippen LogP) is 3.60. The maximum atomic E-state index is 11.0. The standard InChI is InChI=1S/C14H12ClNO3S/c15-10-3-1-4-11(9-10)19-7-8-20-13-12(14(17)18)5-2-6-16-13/h1-6,9H,7-8H2,(H,17,18). The van der Waals surface area contributed by atoms with E-state index in [2.05, 4.69) is 4.98 Å². The van der Waals surface area contributed by atoms with E-state index in [9.17, 15) is 4.79 Å². The van der Waals surface area contributed by atoms with Gasteiger partial charge in [0, 0.05) is 17.0 Å². The molecule has 1 aromatic carbocycles. The third-order valence-electron chi connectivity index (χ3n) is 2.39. The summed E-state index contributed by atoms with van der Waals surface area (Å²) in [6.45, 7) is 0.445. The lowest BCUT2D eigenvalue weighted by Gasteiger charge is -2.07. The molecule has 0 amide bonds. The molecule has 20 heavy (non-hydrogen) atoms. The minimum Gasteiger partial charge on any atom is -0.493 e. The summed E-state index contributed by atoms with van der Waals surface area (Å²) in [6.07, 6.45) is 1.58. The fraction of sp³-hybridized carbons (Fsp3) is 0.143. The summed E-state index contributed by atoms with van der Waals surface area (Å²) in [6, 6.07) is 10.3. The van der Waals surface area contributed by atoms with E-state index in [4.69, 9.17) is 21.4 Å². The molecule has 1 heterocycles. The highest BCUT2D eigenvalue weighted by atomic mass is 35.5. The van der Waals surface area contributed by atoms with Crippen LogP contribution in [0.3, 0.4) is 0 Å². The molecule has 0 saturated heterocycles. The number of hydrogen-bond acceptors (Lipinski definition) is 4. The van der Waals surface area contributed by atoms with Gasteiger partial charge in [0.25, 0.3) is 0 Å². The molecule has 0 fully saturated rings. The number of pyridine rings is 1. The van der Waals surface area contributed by atoms with Crippen LogP contribution in [0.4, 0.5) is 0 Å². The molecule has 0 atom stereocenters. The topological polar surface area (TPSA) is 59.4 Å². The SMILES string of the molecule is O=C(O)c1cccnc1SCCOc1cccc(Cl)c1. The Bertz CT molecular complexity index is 606. The molecule has 0 aliphatic heterocycles. The van der Waals surface area contributed by atoms with E-state index in [1.165, 1.54) is 17.8 Å². The minimum absolute atomic E-state index is 0.209. The number of aromatic nitrogens is 1. The molecule has 0 aliphatic rings. The molecule has 0 saturated carbocycles. The number of benzene rings is 1. The minimum atomic E-state index is -0.976. The van der Waals surface area contributed by atoms with Gasteiger partial charge in [-0.3, -0.25) is 0 Å². The largest absolute Gasteiger partial charge is 0.493 e. The Labute approximate surface area is 125 Å². The molecule has 0 radical (unpaired) electrons. The molecule has 6 heteroatoms. The summed E-state index contributed by atoms with van der Waals surface area (Å²) in [5, 5.41) is 10.1. The monoisotopic (exact) mass is 309 g/mol. The van der Waals surface area contributed by atoms with Crippen LogP contribution in [0.2, 0.25) is 5.02 Å². The lowest BCUT2D eigenvalue weighted by atomic mass is 10.3. The van der Waals surface area contributed by atoms with Crippen LogP contribution < -0.4 is 4.74 Å². The van der Waals surface area contributed by atoms with Crippen molar-refractivity contribution in [3.63, 3.8) is 0 Å². The third kappa shape index (κ3) is 4.15. The molecule has 0 aliphatic carbocycles. The van der Waals surface area contributed by atoms with Crippen LogP contribution in [0.5, 0.6) is 5.75 Å². The third-order valence-corrected chi connectivity index (χ3v) is 3.59. The fourth-order valence-corrected chi connectivity index (χ4v) is 2.51. The first kappa shape index (κ1) is 14.7. The average molecular weight is 310 g/mol. The van der Waals surface area contributed by atoms with Crippen molar-refractivity contribution < 1.29 is 14.6 Å². The maximum Gasteiger partial charge on any atom is 0.338 e. The summed E-state index contributed by atoms with van der Waals surface area (Å²) < 4.78 is 5.53. The lowest BCUT2D eigenvalue weighted by molar-refractivity contribution is 0.0692. The maximum absolute atomic E-state index is 11.0. The number of hydrogen-bond donors (Lipinski definition) is 1. The Morgan fingerprint density at radius 2 is 2.20 bits per heavy atom. The van der Waals surface area contributed by atoms with Crippen LogP contribution in [-0.4, -0.2) is 28.4 Å². The molecule has 104 valence electrons. The molecule has 4 nitrogen and oxygen atoms in total. The number of halogens is 1. The van der Waals surface area contributed by atoms with Crippen molar-refractivity contribution in [2.45, 2.75) is 5.03 Å². The van der Waals surface area contributed by atoms with Crippen LogP contribution in [-0.2, 0) is 0 Å². The smallest absolute Gasteiger partial charge is 0.338 e. The average Bonchev–Trinajstić information content (AvgIpc) is 2.44. The van der Waals surface area contributed by atoms with Crippen LogP contribution in [0.1, 0.15) is 10.4 Å². The summed E-state index contributed by atoms with van der Waals surface area (Å²) in [4.78, 5) is 15.1. The number of thioether (sulfide) groups is 1. The summed E-state index contributed by atoms with van der Waals surface area (Å²) >= 11 is 7.20. The van der Waals surface area contributed by atoms with Crippen LogP contribution in [0, 0.1) is 0 Å². The van der Waals surface area contributed by atoms with Crippen LogP contribution in [0.15, 0.2) is 47.6 Å². The van der Waals surface area contributed by atoms with Gasteiger partial charge < -0.3 is 9.84 Å². The van der Waals surface area contributed by atoms with Gasteiger partial charge >= 0.3 is 5.97 Å². The second-order valence-corrected chi connectivity index (χ2v) is 5.34. The van der Waals surface area contributed by atoms with Gasteiger partial charge in [0.2, 0.25) is 0 Å². The van der Waals surface area contributed by atoms with E-state index in [1.807, 2.05) is 12.1 Å². The number of nitrogens with zero attached hydrogens (tertiary/aromatic N) is 1. The number of carbonyl (C=O) groups is 1. The van der Waals surface area contributed by atoms with Crippen molar-refractivity contribution in [3.05, 3.63) is 53.2 Å². The molecular formula is C14H12ClNO3S. The second kappa shape index (κ2) is 7.17. The lowest BCUT2D eigenvalue weighted by Crippen LogP contribution is -2.04. The Hall–Kier alpha value is -1.72. The zero-order valence-corrected chi connectivity index (χ0v) is 12.0. The highest BCUT2D eigenvalue weighted by Gasteiger charge is 2.10. The van der Waals surface area contributed by atoms with Crippen LogP contribution in [0.25, 0.3) is 0 Å².